The molecule has 0 amide bonds. The Balaban J connectivity index is 0.000000541. The van der Waals surface area contributed by atoms with Gasteiger partial charge >= 0.3 is 41.5 Å². The fraction of sp³-hybridized carbons (Fsp3) is 0.250. The van der Waals surface area contributed by atoms with E-state index in [9.17, 15) is 0 Å². The Hall–Kier alpha value is -0.571. The SMILES string of the molecule is CC(=Nc1ccccc1C(C)C)c1ccccn1.[Cl][Fe]([Cl])[Cl]. The van der Waals surface area contributed by atoms with Gasteiger partial charge in [0.05, 0.1) is 17.1 Å². The fourth-order valence-electron chi connectivity index (χ4n) is 1.89. The van der Waals surface area contributed by atoms with E-state index in [0.717, 1.165) is 17.1 Å². The van der Waals surface area contributed by atoms with Crippen LogP contribution in [0.5, 0.6) is 0 Å². The van der Waals surface area contributed by atoms with Crippen molar-refractivity contribution in [3.63, 3.8) is 0 Å². The van der Waals surface area contributed by atoms with E-state index >= 15 is 0 Å². The van der Waals surface area contributed by atoms with E-state index in [1.807, 2.05) is 31.2 Å². The topological polar surface area (TPSA) is 25.2 Å². The molecule has 0 aliphatic heterocycles. The van der Waals surface area contributed by atoms with Crippen LogP contribution in [-0.4, -0.2) is 10.7 Å². The van der Waals surface area contributed by atoms with Crippen molar-refractivity contribution in [3.8, 4) is 0 Å². The zero-order chi connectivity index (χ0) is 16.5. The summed E-state index contributed by atoms with van der Waals surface area (Å²) in [5.74, 6) is 0.474. The van der Waals surface area contributed by atoms with E-state index in [1.54, 1.807) is 6.20 Å². The van der Waals surface area contributed by atoms with Gasteiger partial charge in [0.25, 0.3) is 0 Å². The summed E-state index contributed by atoms with van der Waals surface area (Å²) >= 11 is -1.33. The Morgan fingerprint density at radius 3 is 2.18 bits per heavy atom. The molecule has 1 heterocycles. The molecule has 0 atom stereocenters. The molecule has 2 aromatic rings. The number of hydrogen-bond donors (Lipinski definition) is 0. The molecule has 22 heavy (non-hydrogen) atoms. The van der Waals surface area contributed by atoms with E-state index in [1.165, 1.54) is 5.56 Å². The molecule has 121 valence electrons. The molecule has 2 rings (SSSR count). The second kappa shape index (κ2) is 10.3. The first-order valence-corrected chi connectivity index (χ1v) is 11.2. The second-order valence-electron chi connectivity index (χ2n) is 4.78. The molecule has 0 N–H and O–H groups in total. The van der Waals surface area contributed by atoms with Crippen molar-refractivity contribution >= 4 is 41.7 Å². The van der Waals surface area contributed by atoms with Crippen LogP contribution in [0.3, 0.4) is 0 Å². The molecular weight excluding hydrogens is 382 g/mol. The Morgan fingerprint density at radius 1 is 1.05 bits per heavy atom. The molecule has 1 aromatic heterocycles. The molecule has 2 nitrogen and oxygen atoms in total. The first-order chi connectivity index (χ1) is 10.4. The number of para-hydroxylation sites is 1. The normalized spacial score (nSPS) is 11.8. The van der Waals surface area contributed by atoms with Gasteiger partial charge in [0, 0.05) is 6.20 Å². The van der Waals surface area contributed by atoms with Gasteiger partial charge in [-0.25, -0.2) is 0 Å². The molecule has 0 aliphatic rings. The predicted molar refractivity (Wildman–Crippen MR) is 94.2 cm³/mol. The van der Waals surface area contributed by atoms with Gasteiger partial charge < -0.3 is 0 Å². The summed E-state index contributed by atoms with van der Waals surface area (Å²) in [5.41, 5.74) is 4.18. The van der Waals surface area contributed by atoms with Gasteiger partial charge in [-0.2, -0.15) is 0 Å². The van der Waals surface area contributed by atoms with Crippen molar-refractivity contribution in [2.45, 2.75) is 26.7 Å². The monoisotopic (exact) mass is 399 g/mol. The van der Waals surface area contributed by atoms with E-state index < -0.39 is 11.2 Å². The zero-order valence-electron chi connectivity index (χ0n) is 12.6. The summed E-state index contributed by atoms with van der Waals surface area (Å²) in [6.07, 6.45) is 1.79. The van der Waals surface area contributed by atoms with Gasteiger partial charge in [-0.05, 0) is 36.6 Å². The van der Waals surface area contributed by atoms with E-state index in [-0.39, 0.29) is 0 Å². The maximum absolute atomic E-state index is 4.89. The number of nitrogens with zero attached hydrogens (tertiary/aromatic N) is 2. The molecule has 0 saturated carbocycles. The van der Waals surface area contributed by atoms with E-state index in [0.29, 0.717) is 5.92 Å². The third-order valence-corrected chi connectivity index (χ3v) is 2.88. The third-order valence-electron chi connectivity index (χ3n) is 2.88. The van der Waals surface area contributed by atoms with Crippen LogP contribution in [-0.2, 0) is 11.2 Å². The summed E-state index contributed by atoms with van der Waals surface area (Å²) in [6.45, 7) is 6.37. The minimum atomic E-state index is -1.33. The second-order valence-corrected chi connectivity index (χ2v) is 10.2. The number of benzene rings is 1. The molecule has 0 radical (unpaired) electrons. The summed E-state index contributed by atoms with van der Waals surface area (Å²) < 4.78 is 0. The maximum atomic E-state index is 4.89. The number of hydrogen-bond acceptors (Lipinski definition) is 2. The quantitative estimate of drug-likeness (QED) is 0.431. The van der Waals surface area contributed by atoms with Crippen LogP contribution in [0, 0.1) is 0 Å². The third kappa shape index (κ3) is 7.13. The van der Waals surface area contributed by atoms with Crippen LogP contribution in [0.15, 0.2) is 53.7 Å². The van der Waals surface area contributed by atoms with Crippen molar-refractivity contribution in [2.75, 3.05) is 0 Å². The average molecular weight is 401 g/mol. The summed E-state index contributed by atoms with van der Waals surface area (Å²) in [5, 5.41) is 0. The van der Waals surface area contributed by atoms with Crippen molar-refractivity contribution < 1.29 is 11.2 Å². The van der Waals surface area contributed by atoms with Gasteiger partial charge in [0.2, 0.25) is 0 Å². The average Bonchev–Trinajstić information content (AvgIpc) is 2.48. The van der Waals surface area contributed by atoms with Crippen LogP contribution in [0.2, 0.25) is 0 Å². The molecule has 0 bridgehead atoms. The summed E-state index contributed by atoms with van der Waals surface area (Å²) in [6, 6.07) is 14.2. The molecule has 0 aliphatic carbocycles. The molecule has 0 fully saturated rings. The van der Waals surface area contributed by atoms with E-state index in [4.69, 9.17) is 35.3 Å². The summed E-state index contributed by atoms with van der Waals surface area (Å²) in [7, 11) is 14.7. The van der Waals surface area contributed by atoms with Gasteiger partial charge in [-0.15, -0.1) is 0 Å². The number of halogens is 3. The first kappa shape index (κ1) is 19.5. The van der Waals surface area contributed by atoms with Crippen LogP contribution in [0.1, 0.15) is 37.9 Å². The summed E-state index contributed by atoms with van der Waals surface area (Å²) in [4.78, 5) is 9.02. The molecular formula is C16H18Cl3FeN2. The number of rotatable bonds is 3. The Labute approximate surface area is 149 Å². The number of aliphatic imine (C=N–C) groups is 1. The molecule has 0 unspecified atom stereocenters. The molecule has 0 spiro atoms. The van der Waals surface area contributed by atoms with Crippen LogP contribution in [0.4, 0.5) is 5.69 Å². The number of pyridine rings is 1. The van der Waals surface area contributed by atoms with Crippen LogP contribution in [0.25, 0.3) is 0 Å². The molecule has 6 heteroatoms. The molecule has 0 saturated heterocycles. The number of aromatic nitrogens is 1. The Morgan fingerprint density at radius 2 is 1.64 bits per heavy atom. The standard InChI is InChI=1S/C16H18N2.3ClH.Fe/c1-12(2)14-8-4-5-10-16(14)18-13(3)15-9-6-7-11-17-15;;;;/h4-12H,1-3H3;3*1H;/q;;;;+3/p-3. The Kier molecular flexibility index (Phi) is 9.07. The van der Waals surface area contributed by atoms with Crippen LogP contribution < -0.4 is 0 Å². The van der Waals surface area contributed by atoms with Gasteiger partial charge in [-0.1, -0.05) is 38.1 Å². The van der Waals surface area contributed by atoms with Crippen LogP contribution >= 0.6 is 30.3 Å². The van der Waals surface area contributed by atoms with Gasteiger partial charge in [0.15, 0.2) is 0 Å². The van der Waals surface area contributed by atoms with Crippen molar-refractivity contribution in [1.82, 2.24) is 4.98 Å². The minimum absolute atomic E-state index is 0.474. The first-order valence-electron chi connectivity index (χ1n) is 6.64. The van der Waals surface area contributed by atoms with E-state index in [2.05, 4.69) is 37.0 Å². The van der Waals surface area contributed by atoms with Crippen molar-refractivity contribution in [1.29, 1.82) is 0 Å². The molecule has 1 aromatic carbocycles. The zero-order valence-corrected chi connectivity index (χ0v) is 15.9. The fourth-order valence-corrected chi connectivity index (χ4v) is 1.89. The predicted octanol–water partition coefficient (Wildman–Crippen LogP) is 6.41. The van der Waals surface area contributed by atoms with Gasteiger partial charge in [-0.3, -0.25) is 9.98 Å². The van der Waals surface area contributed by atoms with Crippen molar-refractivity contribution in [2.24, 2.45) is 4.99 Å². The van der Waals surface area contributed by atoms with Crippen molar-refractivity contribution in [3.05, 3.63) is 59.9 Å². The van der Waals surface area contributed by atoms with Gasteiger partial charge in [0.1, 0.15) is 0 Å². The Bertz CT molecular complexity index is 599.